The van der Waals surface area contributed by atoms with Crippen LogP contribution in [0.5, 0.6) is 0 Å². The van der Waals surface area contributed by atoms with E-state index in [1.807, 2.05) is 18.2 Å². The van der Waals surface area contributed by atoms with Gasteiger partial charge in [0, 0.05) is 31.5 Å². The van der Waals surface area contributed by atoms with Crippen molar-refractivity contribution in [2.45, 2.75) is 18.9 Å². The van der Waals surface area contributed by atoms with E-state index >= 15 is 0 Å². The molecule has 0 aliphatic carbocycles. The lowest BCUT2D eigenvalue weighted by atomic mass is 10.1. The molecule has 2 saturated heterocycles. The summed E-state index contributed by atoms with van der Waals surface area (Å²) in [5.74, 6) is -0.264. The van der Waals surface area contributed by atoms with Gasteiger partial charge in [0.25, 0.3) is 5.91 Å². The minimum absolute atomic E-state index is 0.0454. The molecule has 0 spiro atoms. The Balaban J connectivity index is 1.63. The third-order valence-corrected chi connectivity index (χ3v) is 3.63. The van der Waals surface area contributed by atoms with Crippen molar-refractivity contribution in [1.82, 2.24) is 9.80 Å². The maximum absolute atomic E-state index is 12.1. The van der Waals surface area contributed by atoms with Crippen molar-refractivity contribution in [1.29, 1.82) is 0 Å². The van der Waals surface area contributed by atoms with Crippen LogP contribution in [0.25, 0.3) is 0 Å². The minimum atomic E-state index is -0.129. The van der Waals surface area contributed by atoms with Crippen molar-refractivity contribution in [3.8, 4) is 0 Å². The van der Waals surface area contributed by atoms with Crippen LogP contribution in [0.2, 0.25) is 0 Å². The van der Waals surface area contributed by atoms with Crippen LogP contribution in [0.1, 0.15) is 23.2 Å². The number of benzene rings is 1. The highest BCUT2D eigenvalue weighted by Gasteiger charge is 2.42. The summed E-state index contributed by atoms with van der Waals surface area (Å²) < 4.78 is 0. The molecule has 5 nitrogen and oxygen atoms in total. The predicted molar refractivity (Wildman–Crippen MR) is 67.2 cm³/mol. The summed E-state index contributed by atoms with van der Waals surface area (Å²) in [6.45, 7) is 0.899. The highest BCUT2D eigenvalue weighted by Crippen LogP contribution is 2.23. The van der Waals surface area contributed by atoms with Gasteiger partial charge in [0.1, 0.15) is 0 Å². The van der Waals surface area contributed by atoms with Gasteiger partial charge in [0.2, 0.25) is 11.8 Å². The topological polar surface area (TPSA) is 57.7 Å². The highest BCUT2D eigenvalue weighted by molar-refractivity contribution is 6.03. The summed E-state index contributed by atoms with van der Waals surface area (Å²) in [4.78, 5) is 38.2. The van der Waals surface area contributed by atoms with Gasteiger partial charge >= 0.3 is 0 Å². The first-order valence-electron chi connectivity index (χ1n) is 6.36. The maximum Gasteiger partial charge on any atom is 0.253 e. The average molecular weight is 258 g/mol. The second kappa shape index (κ2) is 4.50. The Kier molecular flexibility index (Phi) is 2.81. The molecule has 1 aromatic rings. The molecule has 0 radical (unpaired) electrons. The third-order valence-electron chi connectivity index (χ3n) is 3.63. The molecule has 2 aliphatic rings. The summed E-state index contributed by atoms with van der Waals surface area (Å²) in [7, 11) is 0. The molecule has 2 aliphatic heterocycles. The molecule has 0 aromatic heterocycles. The zero-order chi connectivity index (χ0) is 13.4. The Morgan fingerprint density at radius 3 is 2.16 bits per heavy atom. The number of nitrogens with zero attached hydrogens (tertiary/aromatic N) is 2. The van der Waals surface area contributed by atoms with Gasteiger partial charge in [0.15, 0.2) is 0 Å². The Bertz CT molecular complexity index is 519. The van der Waals surface area contributed by atoms with Crippen LogP contribution in [0.4, 0.5) is 0 Å². The van der Waals surface area contributed by atoms with Gasteiger partial charge in [-0.2, -0.15) is 0 Å². The molecule has 0 unspecified atom stereocenters. The Hall–Kier alpha value is -2.17. The molecule has 0 atom stereocenters. The van der Waals surface area contributed by atoms with E-state index in [4.69, 9.17) is 0 Å². The molecule has 98 valence electrons. The van der Waals surface area contributed by atoms with Crippen LogP contribution in [-0.2, 0) is 9.59 Å². The van der Waals surface area contributed by atoms with Crippen molar-refractivity contribution in [3.63, 3.8) is 0 Å². The van der Waals surface area contributed by atoms with Gasteiger partial charge in [-0.15, -0.1) is 0 Å². The van der Waals surface area contributed by atoms with Gasteiger partial charge < -0.3 is 4.90 Å². The second-order valence-electron chi connectivity index (χ2n) is 4.89. The maximum atomic E-state index is 12.1. The van der Waals surface area contributed by atoms with Crippen LogP contribution in [0, 0.1) is 0 Å². The van der Waals surface area contributed by atoms with Crippen LogP contribution in [0.3, 0.4) is 0 Å². The normalized spacial score (nSPS) is 19.8. The molecule has 3 amide bonds. The molecule has 3 rings (SSSR count). The summed E-state index contributed by atoms with van der Waals surface area (Å²) in [6.07, 6.45) is 0.615. The van der Waals surface area contributed by atoms with Crippen LogP contribution in [0.15, 0.2) is 30.3 Å². The van der Waals surface area contributed by atoms with Crippen molar-refractivity contribution < 1.29 is 14.4 Å². The molecule has 5 heteroatoms. The summed E-state index contributed by atoms with van der Waals surface area (Å²) >= 11 is 0. The molecule has 0 bridgehead atoms. The first kappa shape index (κ1) is 11.9. The van der Waals surface area contributed by atoms with Gasteiger partial charge in [0.05, 0.1) is 6.04 Å². The van der Waals surface area contributed by atoms with E-state index in [0.29, 0.717) is 31.5 Å². The fourth-order valence-corrected chi connectivity index (χ4v) is 2.55. The Labute approximate surface area is 110 Å². The Morgan fingerprint density at radius 2 is 1.58 bits per heavy atom. The number of amides is 3. The molecule has 19 heavy (non-hydrogen) atoms. The van der Waals surface area contributed by atoms with Gasteiger partial charge in [-0.05, 0) is 12.1 Å². The minimum Gasteiger partial charge on any atom is -0.334 e. The van der Waals surface area contributed by atoms with E-state index in [-0.39, 0.29) is 23.8 Å². The van der Waals surface area contributed by atoms with E-state index < -0.39 is 0 Å². The summed E-state index contributed by atoms with van der Waals surface area (Å²) in [5, 5.41) is 0. The van der Waals surface area contributed by atoms with Crippen molar-refractivity contribution in [2.24, 2.45) is 0 Å². The van der Waals surface area contributed by atoms with Gasteiger partial charge in [-0.1, -0.05) is 18.2 Å². The lowest BCUT2D eigenvalue weighted by Gasteiger charge is -2.43. The summed E-state index contributed by atoms with van der Waals surface area (Å²) in [5.41, 5.74) is 0.639. The Morgan fingerprint density at radius 1 is 1.00 bits per heavy atom. The molecular formula is C14H14N2O3. The zero-order valence-electron chi connectivity index (χ0n) is 10.4. The van der Waals surface area contributed by atoms with E-state index in [0.717, 1.165) is 0 Å². The fourth-order valence-electron chi connectivity index (χ4n) is 2.55. The van der Waals surface area contributed by atoms with Crippen LogP contribution < -0.4 is 0 Å². The number of likely N-dealkylation sites (tertiary alicyclic amines) is 2. The third kappa shape index (κ3) is 2.01. The van der Waals surface area contributed by atoms with Gasteiger partial charge in [-0.25, -0.2) is 0 Å². The van der Waals surface area contributed by atoms with Crippen LogP contribution >= 0.6 is 0 Å². The zero-order valence-corrected chi connectivity index (χ0v) is 10.4. The smallest absolute Gasteiger partial charge is 0.253 e. The van der Waals surface area contributed by atoms with Crippen molar-refractivity contribution in [3.05, 3.63) is 35.9 Å². The number of imide groups is 1. The fraction of sp³-hybridized carbons (Fsp3) is 0.357. The first-order valence-corrected chi connectivity index (χ1v) is 6.36. The standard InChI is InChI=1S/C14H14N2O3/c17-12-6-7-13(18)16(12)11-8-15(9-11)14(19)10-4-2-1-3-5-10/h1-5,11H,6-9H2. The van der Waals surface area contributed by atoms with E-state index in [1.165, 1.54) is 4.90 Å². The predicted octanol–water partition coefficient (Wildman–Crippen LogP) is 0.660. The lowest BCUT2D eigenvalue weighted by Crippen LogP contribution is -2.62. The number of carbonyl (C=O) groups excluding carboxylic acids is 3. The van der Waals surface area contributed by atoms with Crippen molar-refractivity contribution >= 4 is 17.7 Å². The van der Waals surface area contributed by atoms with E-state index in [2.05, 4.69) is 0 Å². The number of rotatable bonds is 2. The molecule has 0 N–H and O–H groups in total. The molecular weight excluding hydrogens is 244 g/mol. The quantitative estimate of drug-likeness (QED) is 0.732. The largest absolute Gasteiger partial charge is 0.334 e. The monoisotopic (exact) mass is 258 g/mol. The lowest BCUT2D eigenvalue weighted by molar-refractivity contribution is -0.144. The number of hydrogen-bond acceptors (Lipinski definition) is 3. The number of hydrogen-bond donors (Lipinski definition) is 0. The number of carbonyl (C=O) groups is 3. The average Bonchev–Trinajstić information content (AvgIpc) is 2.70. The summed E-state index contributed by atoms with van der Waals surface area (Å²) in [6, 6.07) is 8.90. The van der Waals surface area contributed by atoms with Crippen LogP contribution in [-0.4, -0.2) is 46.7 Å². The SMILES string of the molecule is O=C(c1ccccc1)N1CC(N2C(=O)CCC2=O)C1. The molecule has 2 fully saturated rings. The van der Waals surface area contributed by atoms with Gasteiger partial charge in [-0.3, -0.25) is 19.3 Å². The second-order valence-corrected chi connectivity index (χ2v) is 4.89. The molecule has 0 saturated carbocycles. The first-order chi connectivity index (χ1) is 9.16. The van der Waals surface area contributed by atoms with E-state index in [9.17, 15) is 14.4 Å². The molecule has 2 heterocycles. The molecule has 1 aromatic carbocycles. The van der Waals surface area contributed by atoms with E-state index in [1.54, 1.807) is 17.0 Å². The highest BCUT2D eigenvalue weighted by atomic mass is 16.2. The van der Waals surface area contributed by atoms with Crippen molar-refractivity contribution in [2.75, 3.05) is 13.1 Å².